The number of aryl methyl sites for hydroxylation is 1. The van der Waals surface area contributed by atoms with Gasteiger partial charge in [-0.1, -0.05) is 55.8 Å². The first-order valence-electron chi connectivity index (χ1n) is 19.4. The fourth-order valence-corrected chi connectivity index (χ4v) is 8.74. The summed E-state index contributed by atoms with van der Waals surface area (Å²) in [4.78, 5) is 16.9. The smallest absolute Gasteiger partial charge is 0.248 e. The molecule has 2 fully saturated rings. The highest BCUT2D eigenvalue weighted by Crippen LogP contribution is 2.53. The Balaban J connectivity index is 1.32. The Labute approximate surface area is 317 Å². The first-order valence-corrected chi connectivity index (χ1v) is 19.4. The van der Waals surface area contributed by atoms with E-state index in [4.69, 9.17) is 19.2 Å². The Morgan fingerprint density at radius 2 is 1.50 bits per heavy atom. The minimum Gasteiger partial charge on any atom is -0.497 e. The molecule has 4 aromatic rings. The van der Waals surface area contributed by atoms with Gasteiger partial charge in [-0.15, -0.1) is 0 Å². The van der Waals surface area contributed by atoms with Crippen LogP contribution in [0.1, 0.15) is 133 Å². The summed E-state index contributed by atoms with van der Waals surface area (Å²) in [6, 6.07) is 15.4. The zero-order chi connectivity index (χ0) is 38.0. The number of fused-ring (bicyclic) bond motifs is 1. The average molecular weight is 743 g/mol. The summed E-state index contributed by atoms with van der Waals surface area (Å²) >= 11 is 0. The molecule has 10 heteroatoms. The quantitative estimate of drug-likeness (QED) is 0.152. The van der Waals surface area contributed by atoms with E-state index >= 15 is 4.39 Å². The molecule has 54 heavy (non-hydrogen) atoms. The third kappa shape index (κ3) is 8.45. The molecule has 0 bridgehead atoms. The zero-order valence-corrected chi connectivity index (χ0v) is 32.2. The van der Waals surface area contributed by atoms with Crippen molar-refractivity contribution in [3.05, 3.63) is 111 Å². The van der Waals surface area contributed by atoms with Crippen molar-refractivity contribution in [2.75, 3.05) is 32.2 Å². The summed E-state index contributed by atoms with van der Waals surface area (Å²) in [5, 5.41) is 0. The van der Waals surface area contributed by atoms with Crippen LogP contribution in [0.25, 0.3) is 0 Å². The first kappa shape index (κ1) is 38.3. The van der Waals surface area contributed by atoms with Gasteiger partial charge in [-0.05, 0) is 85.6 Å². The SMILES string of the molecule is COCc1cnc(N2CCC(c3nc4c(c(C5CCC(F)(F)CC5)c3C(F)c3ccc(C)cc3)C(OCc3ccc(OC)cc3)CC(C)(C)C4)CC2)nc1. The standard InChI is InChI=1S/C44H53F3N4O3/c1-28-6-10-32(11-7-28)40(45)39-37(31-14-18-44(46,47)19-15-31)38-35(22-43(2,3)23-36(38)54-27-29-8-12-34(53-5)13-9-29)50-41(39)33-16-20-51(21-17-33)42-48-24-30(25-49-42)26-52-4/h6-13,24-25,31,33,36,40H,14-23,26-27H2,1-5H3. The summed E-state index contributed by atoms with van der Waals surface area (Å²) < 4.78 is 64.7. The van der Waals surface area contributed by atoms with Crippen LogP contribution in [0.3, 0.4) is 0 Å². The normalized spacial score (nSPS) is 20.7. The molecule has 2 aromatic carbocycles. The molecule has 7 nitrogen and oxygen atoms in total. The highest BCUT2D eigenvalue weighted by molar-refractivity contribution is 5.51. The van der Waals surface area contributed by atoms with E-state index in [1.54, 1.807) is 26.6 Å². The van der Waals surface area contributed by atoms with E-state index < -0.39 is 12.1 Å². The lowest BCUT2D eigenvalue weighted by Gasteiger charge is -2.42. The van der Waals surface area contributed by atoms with Gasteiger partial charge in [0.25, 0.3) is 0 Å². The molecule has 2 atom stereocenters. The molecule has 2 aliphatic carbocycles. The molecule has 0 N–H and O–H groups in total. The monoisotopic (exact) mass is 742 g/mol. The molecular weight excluding hydrogens is 690 g/mol. The van der Waals surface area contributed by atoms with Crippen molar-refractivity contribution in [1.82, 2.24) is 15.0 Å². The van der Waals surface area contributed by atoms with Crippen molar-refractivity contribution in [1.29, 1.82) is 0 Å². The van der Waals surface area contributed by atoms with Crippen molar-refractivity contribution in [3.8, 4) is 5.75 Å². The number of aromatic nitrogens is 3. The maximum Gasteiger partial charge on any atom is 0.248 e. The Hall–Kier alpha value is -4.02. The van der Waals surface area contributed by atoms with Crippen LogP contribution < -0.4 is 9.64 Å². The van der Waals surface area contributed by atoms with E-state index in [0.717, 1.165) is 64.2 Å². The van der Waals surface area contributed by atoms with Gasteiger partial charge >= 0.3 is 0 Å². The molecule has 0 spiro atoms. The fourth-order valence-electron chi connectivity index (χ4n) is 8.74. The van der Waals surface area contributed by atoms with E-state index in [0.29, 0.717) is 62.6 Å². The van der Waals surface area contributed by atoms with Gasteiger partial charge in [-0.3, -0.25) is 4.98 Å². The zero-order valence-electron chi connectivity index (χ0n) is 32.2. The minimum absolute atomic E-state index is 0.0227. The number of alkyl halides is 3. The van der Waals surface area contributed by atoms with E-state index in [9.17, 15) is 8.78 Å². The van der Waals surface area contributed by atoms with Crippen LogP contribution >= 0.6 is 0 Å². The van der Waals surface area contributed by atoms with Gasteiger partial charge in [0, 0.05) is 73.7 Å². The molecule has 3 heterocycles. The summed E-state index contributed by atoms with van der Waals surface area (Å²) in [6.07, 6.45) is 4.82. The molecule has 1 saturated carbocycles. The summed E-state index contributed by atoms with van der Waals surface area (Å²) in [5.41, 5.74) is 7.43. The number of hydrogen-bond acceptors (Lipinski definition) is 7. The molecule has 2 aromatic heterocycles. The van der Waals surface area contributed by atoms with Gasteiger partial charge in [0.15, 0.2) is 6.17 Å². The number of anilines is 1. The van der Waals surface area contributed by atoms with Crippen LogP contribution in [0.4, 0.5) is 19.1 Å². The number of methoxy groups -OCH3 is 2. The highest BCUT2D eigenvalue weighted by atomic mass is 19.3. The predicted octanol–water partition coefficient (Wildman–Crippen LogP) is 10.3. The number of benzene rings is 2. The molecule has 2 unspecified atom stereocenters. The Bertz CT molecular complexity index is 1870. The van der Waals surface area contributed by atoms with Gasteiger partial charge < -0.3 is 19.1 Å². The number of nitrogens with zero attached hydrogens (tertiary/aromatic N) is 4. The number of halogens is 3. The second-order valence-electron chi connectivity index (χ2n) is 16.4. The lowest BCUT2D eigenvalue weighted by atomic mass is 9.68. The van der Waals surface area contributed by atoms with E-state index in [1.165, 1.54) is 0 Å². The lowest BCUT2D eigenvalue weighted by molar-refractivity contribution is -0.0390. The van der Waals surface area contributed by atoms with Crippen molar-refractivity contribution in [2.45, 2.75) is 115 Å². The molecule has 3 aliphatic rings. The van der Waals surface area contributed by atoms with Gasteiger partial charge in [0.05, 0.1) is 32.1 Å². The van der Waals surface area contributed by atoms with Crippen LogP contribution in [-0.2, 0) is 29.1 Å². The largest absolute Gasteiger partial charge is 0.497 e. The maximum atomic E-state index is 17.7. The van der Waals surface area contributed by atoms with Crippen molar-refractivity contribution in [3.63, 3.8) is 0 Å². The summed E-state index contributed by atoms with van der Waals surface area (Å²) in [6.45, 7) is 8.65. The molecule has 0 amide bonds. The maximum absolute atomic E-state index is 17.7. The van der Waals surface area contributed by atoms with E-state index in [1.807, 2.05) is 55.5 Å². The summed E-state index contributed by atoms with van der Waals surface area (Å²) in [7, 11) is 3.29. The second kappa shape index (κ2) is 16.0. The van der Waals surface area contributed by atoms with Crippen LogP contribution in [0.15, 0.2) is 60.9 Å². The topological polar surface area (TPSA) is 69.6 Å². The average Bonchev–Trinajstić information content (AvgIpc) is 3.16. The van der Waals surface area contributed by atoms with Gasteiger partial charge in [0.2, 0.25) is 11.9 Å². The number of piperidine rings is 1. The first-order chi connectivity index (χ1) is 25.9. The third-order valence-electron chi connectivity index (χ3n) is 11.7. The van der Waals surface area contributed by atoms with Crippen molar-refractivity contribution >= 4 is 5.95 Å². The molecular formula is C44H53F3N4O3. The number of ether oxygens (including phenoxy) is 3. The Kier molecular flexibility index (Phi) is 11.3. The Morgan fingerprint density at radius 1 is 0.833 bits per heavy atom. The second-order valence-corrected chi connectivity index (χ2v) is 16.4. The van der Waals surface area contributed by atoms with Crippen molar-refractivity contribution < 1.29 is 27.4 Å². The number of rotatable bonds is 11. The van der Waals surface area contributed by atoms with E-state index in [-0.39, 0.29) is 36.2 Å². The fraction of sp³-hybridized carbons (Fsp3) is 0.523. The molecule has 7 rings (SSSR count). The minimum atomic E-state index is -2.72. The van der Waals surface area contributed by atoms with Gasteiger partial charge in [0.1, 0.15) is 5.75 Å². The predicted molar refractivity (Wildman–Crippen MR) is 204 cm³/mol. The van der Waals surface area contributed by atoms with Crippen LogP contribution in [-0.4, -0.2) is 48.2 Å². The highest BCUT2D eigenvalue weighted by Gasteiger charge is 2.44. The van der Waals surface area contributed by atoms with Crippen LogP contribution in [0.2, 0.25) is 0 Å². The molecule has 1 aliphatic heterocycles. The van der Waals surface area contributed by atoms with E-state index in [2.05, 4.69) is 28.7 Å². The van der Waals surface area contributed by atoms with Crippen LogP contribution in [0.5, 0.6) is 5.75 Å². The number of pyridine rings is 1. The third-order valence-corrected chi connectivity index (χ3v) is 11.7. The molecule has 1 saturated heterocycles. The number of hydrogen-bond donors (Lipinski definition) is 0. The van der Waals surface area contributed by atoms with Crippen molar-refractivity contribution in [2.24, 2.45) is 5.41 Å². The van der Waals surface area contributed by atoms with Gasteiger partial charge in [-0.2, -0.15) is 0 Å². The molecule has 0 radical (unpaired) electrons. The molecule has 288 valence electrons. The summed E-state index contributed by atoms with van der Waals surface area (Å²) in [5.74, 6) is -1.54. The van der Waals surface area contributed by atoms with Gasteiger partial charge in [-0.25, -0.2) is 23.1 Å². The lowest BCUT2D eigenvalue weighted by Crippen LogP contribution is -2.36. The Morgan fingerprint density at radius 3 is 2.13 bits per heavy atom. The van der Waals surface area contributed by atoms with Crippen LogP contribution in [0, 0.1) is 12.3 Å².